The van der Waals surface area contributed by atoms with Crippen molar-refractivity contribution in [2.24, 2.45) is 5.92 Å². The van der Waals surface area contributed by atoms with Gasteiger partial charge in [0.25, 0.3) is 5.56 Å². The van der Waals surface area contributed by atoms with Gasteiger partial charge >= 0.3 is 5.97 Å². The zero-order valence-corrected chi connectivity index (χ0v) is 12.3. The van der Waals surface area contributed by atoms with Crippen LogP contribution in [0.2, 0.25) is 0 Å². The highest BCUT2D eigenvalue weighted by Crippen LogP contribution is 2.13. The van der Waals surface area contributed by atoms with Crippen LogP contribution in [0.5, 0.6) is 0 Å². The summed E-state index contributed by atoms with van der Waals surface area (Å²) in [5.74, 6) is -1.77. The standard InChI is InChI=1S/C15H17N3O4/c1-8(2)13(15(21)22)16-12(19)7-11-9-5-3-4-6-10(9)14(20)18-17-11/h3-6,8,13H,7H2,1-2H3,(H,16,19)(H,18,20)(H,21,22)/t13-/m1/s1. The number of carboxylic acids is 1. The van der Waals surface area contributed by atoms with E-state index >= 15 is 0 Å². The maximum absolute atomic E-state index is 12.1. The number of aromatic amines is 1. The molecule has 2 rings (SSSR count). The molecular formula is C15H17N3O4. The molecule has 0 unspecified atom stereocenters. The Morgan fingerprint density at radius 1 is 1.27 bits per heavy atom. The number of fused-ring (bicyclic) bond motifs is 1. The maximum atomic E-state index is 12.1. The molecule has 0 aliphatic heterocycles. The second kappa shape index (κ2) is 6.38. The predicted molar refractivity (Wildman–Crippen MR) is 80.5 cm³/mol. The van der Waals surface area contributed by atoms with Gasteiger partial charge in [0, 0.05) is 5.39 Å². The van der Waals surface area contributed by atoms with Crippen LogP contribution in [0.3, 0.4) is 0 Å². The van der Waals surface area contributed by atoms with Crippen LogP contribution in [0.15, 0.2) is 29.1 Å². The molecule has 1 aromatic carbocycles. The third kappa shape index (κ3) is 3.30. The van der Waals surface area contributed by atoms with Gasteiger partial charge in [0.2, 0.25) is 5.91 Å². The van der Waals surface area contributed by atoms with Gasteiger partial charge in [-0.05, 0) is 12.0 Å². The Kier molecular flexibility index (Phi) is 4.55. The lowest BCUT2D eigenvalue weighted by molar-refractivity contribution is -0.143. The molecule has 0 fully saturated rings. The molecule has 0 aliphatic carbocycles. The molecule has 0 bridgehead atoms. The average Bonchev–Trinajstić information content (AvgIpc) is 2.47. The van der Waals surface area contributed by atoms with Crippen LogP contribution >= 0.6 is 0 Å². The average molecular weight is 303 g/mol. The van der Waals surface area contributed by atoms with Crippen molar-refractivity contribution >= 4 is 22.6 Å². The number of hydrogen-bond acceptors (Lipinski definition) is 4. The van der Waals surface area contributed by atoms with Crippen LogP contribution in [0, 0.1) is 5.92 Å². The molecule has 1 aromatic heterocycles. The SMILES string of the molecule is CC(C)[C@@H](NC(=O)Cc1n[nH]c(=O)c2ccccc12)C(=O)O. The number of nitrogens with one attached hydrogen (secondary N) is 2. The number of rotatable bonds is 5. The number of aromatic nitrogens is 2. The third-order valence-corrected chi connectivity index (χ3v) is 3.35. The first-order valence-corrected chi connectivity index (χ1v) is 6.88. The number of nitrogens with zero attached hydrogens (tertiary/aromatic N) is 1. The van der Waals surface area contributed by atoms with E-state index in [1.165, 1.54) is 0 Å². The van der Waals surface area contributed by atoms with E-state index in [9.17, 15) is 14.4 Å². The molecule has 22 heavy (non-hydrogen) atoms. The lowest BCUT2D eigenvalue weighted by Gasteiger charge is -2.17. The molecule has 1 atom stereocenters. The largest absolute Gasteiger partial charge is 0.480 e. The van der Waals surface area contributed by atoms with Gasteiger partial charge in [-0.3, -0.25) is 9.59 Å². The van der Waals surface area contributed by atoms with Gasteiger partial charge in [-0.15, -0.1) is 0 Å². The van der Waals surface area contributed by atoms with Crippen LogP contribution < -0.4 is 10.9 Å². The fourth-order valence-electron chi connectivity index (χ4n) is 2.20. The van der Waals surface area contributed by atoms with Gasteiger partial charge in [-0.2, -0.15) is 5.10 Å². The van der Waals surface area contributed by atoms with Gasteiger partial charge in [-0.25, -0.2) is 9.89 Å². The van der Waals surface area contributed by atoms with Crippen molar-refractivity contribution in [2.45, 2.75) is 26.3 Å². The number of aliphatic carboxylic acids is 1. The molecular weight excluding hydrogens is 286 g/mol. The topological polar surface area (TPSA) is 112 Å². The number of carboxylic acid groups (broad SMARTS) is 1. The number of amides is 1. The monoisotopic (exact) mass is 303 g/mol. The van der Waals surface area contributed by atoms with Gasteiger partial charge in [0.1, 0.15) is 6.04 Å². The van der Waals surface area contributed by atoms with Gasteiger partial charge in [0.15, 0.2) is 0 Å². The zero-order chi connectivity index (χ0) is 16.3. The van der Waals surface area contributed by atoms with Crippen molar-refractivity contribution in [3.05, 3.63) is 40.3 Å². The summed E-state index contributed by atoms with van der Waals surface area (Å²) in [6, 6.07) is 5.86. The highest BCUT2D eigenvalue weighted by atomic mass is 16.4. The quantitative estimate of drug-likeness (QED) is 0.752. The Hall–Kier alpha value is -2.70. The van der Waals surface area contributed by atoms with Gasteiger partial charge in [-0.1, -0.05) is 32.0 Å². The van der Waals surface area contributed by atoms with Crippen LogP contribution in [0.1, 0.15) is 19.5 Å². The molecule has 7 heteroatoms. The lowest BCUT2D eigenvalue weighted by Crippen LogP contribution is -2.45. The minimum Gasteiger partial charge on any atom is -0.480 e. The molecule has 0 saturated heterocycles. The van der Waals surface area contributed by atoms with E-state index in [2.05, 4.69) is 15.5 Å². The van der Waals surface area contributed by atoms with Crippen molar-refractivity contribution in [2.75, 3.05) is 0 Å². The number of H-pyrrole nitrogens is 1. The van der Waals surface area contributed by atoms with Crippen molar-refractivity contribution < 1.29 is 14.7 Å². The first-order valence-electron chi connectivity index (χ1n) is 6.88. The molecule has 116 valence electrons. The molecule has 1 heterocycles. The summed E-state index contributed by atoms with van der Waals surface area (Å²) in [5.41, 5.74) is 0.0749. The van der Waals surface area contributed by atoms with Crippen LogP contribution in [0.25, 0.3) is 10.8 Å². The Balaban J connectivity index is 2.24. The molecule has 0 radical (unpaired) electrons. The summed E-state index contributed by atoms with van der Waals surface area (Å²) in [5, 5.41) is 18.8. The minimum absolute atomic E-state index is 0.103. The normalized spacial score (nSPS) is 12.3. The number of hydrogen-bond donors (Lipinski definition) is 3. The van der Waals surface area contributed by atoms with Crippen LogP contribution in [-0.2, 0) is 16.0 Å². The zero-order valence-electron chi connectivity index (χ0n) is 12.3. The second-order valence-corrected chi connectivity index (χ2v) is 5.35. The summed E-state index contributed by atoms with van der Waals surface area (Å²) in [6.07, 6.45) is -0.103. The van der Waals surface area contributed by atoms with E-state index < -0.39 is 17.9 Å². The maximum Gasteiger partial charge on any atom is 0.326 e. The van der Waals surface area contributed by atoms with Gasteiger partial charge < -0.3 is 10.4 Å². The van der Waals surface area contributed by atoms with Crippen LogP contribution in [-0.4, -0.2) is 33.2 Å². The van der Waals surface area contributed by atoms with Gasteiger partial charge in [0.05, 0.1) is 17.5 Å². The molecule has 0 spiro atoms. The van der Waals surface area contributed by atoms with E-state index in [4.69, 9.17) is 5.11 Å². The second-order valence-electron chi connectivity index (χ2n) is 5.35. The molecule has 2 aromatic rings. The predicted octanol–water partition coefficient (Wildman–Crippen LogP) is 0.691. The van der Waals surface area contributed by atoms with Crippen molar-refractivity contribution in [1.29, 1.82) is 0 Å². The Morgan fingerprint density at radius 3 is 2.50 bits per heavy atom. The minimum atomic E-state index is -1.08. The fourth-order valence-corrected chi connectivity index (χ4v) is 2.20. The summed E-state index contributed by atoms with van der Waals surface area (Å²) in [4.78, 5) is 34.8. The Bertz CT molecular complexity index is 767. The summed E-state index contributed by atoms with van der Waals surface area (Å²) >= 11 is 0. The van der Waals surface area contributed by atoms with Crippen molar-refractivity contribution in [3.8, 4) is 0 Å². The molecule has 0 aliphatic rings. The van der Waals surface area contributed by atoms with E-state index in [1.807, 2.05) is 0 Å². The molecule has 7 nitrogen and oxygen atoms in total. The van der Waals surface area contributed by atoms with E-state index in [0.717, 1.165) is 0 Å². The van der Waals surface area contributed by atoms with E-state index in [0.29, 0.717) is 16.5 Å². The molecule has 0 saturated carbocycles. The molecule has 3 N–H and O–H groups in total. The Labute approximate surface area is 126 Å². The first kappa shape index (κ1) is 15.7. The molecule has 1 amide bonds. The van der Waals surface area contributed by atoms with E-state index in [-0.39, 0.29) is 17.9 Å². The number of carbonyl (C=O) groups excluding carboxylic acids is 1. The fraction of sp³-hybridized carbons (Fsp3) is 0.333. The number of carbonyl (C=O) groups is 2. The third-order valence-electron chi connectivity index (χ3n) is 3.35. The highest BCUT2D eigenvalue weighted by Gasteiger charge is 2.23. The first-order chi connectivity index (χ1) is 10.4. The highest BCUT2D eigenvalue weighted by molar-refractivity contribution is 5.90. The summed E-state index contributed by atoms with van der Waals surface area (Å²) in [6.45, 7) is 3.43. The van der Waals surface area contributed by atoms with Crippen molar-refractivity contribution in [3.63, 3.8) is 0 Å². The van der Waals surface area contributed by atoms with Crippen LogP contribution in [0.4, 0.5) is 0 Å². The van der Waals surface area contributed by atoms with E-state index in [1.54, 1.807) is 38.1 Å². The van der Waals surface area contributed by atoms with Crippen molar-refractivity contribution in [1.82, 2.24) is 15.5 Å². The smallest absolute Gasteiger partial charge is 0.326 e. The number of benzene rings is 1. The summed E-state index contributed by atoms with van der Waals surface area (Å²) < 4.78 is 0. The summed E-state index contributed by atoms with van der Waals surface area (Å²) in [7, 11) is 0. The lowest BCUT2D eigenvalue weighted by atomic mass is 10.0. The Morgan fingerprint density at radius 2 is 1.91 bits per heavy atom.